The molecule has 1 aliphatic carbocycles. The molecule has 7 heteroatoms. The molecule has 0 radical (unpaired) electrons. The Kier molecular flexibility index (Phi) is 5.09. The summed E-state index contributed by atoms with van der Waals surface area (Å²) in [6, 6.07) is 8.32. The van der Waals surface area contributed by atoms with E-state index in [1.54, 1.807) is 6.07 Å². The lowest BCUT2D eigenvalue weighted by atomic mass is 9.85. The summed E-state index contributed by atoms with van der Waals surface area (Å²) in [6.07, 6.45) is 4.40. The quantitative estimate of drug-likeness (QED) is 0.642. The second-order valence-electron chi connectivity index (χ2n) is 7.06. The first kappa shape index (κ1) is 18.6. The molecule has 1 saturated carbocycles. The summed E-state index contributed by atoms with van der Waals surface area (Å²) in [7, 11) is 0. The molecule has 0 saturated heterocycles. The highest BCUT2D eigenvalue weighted by Gasteiger charge is 2.28. The predicted molar refractivity (Wildman–Crippen MR) is 110 cm³/mol. The fraction of sp³-hybridized carbons (Fsp3) is 0.286. The lowest BCUT2D eigenvalue weighted by Crippen LogP contribution is -2.40. The molecule has 0 unspecified atom stereocenters. The summed E-state index contributed by atoms with van der Waals surface area (Å²) in [5.74, 6) is -0.727. The molecule has 1 fully saturated rings. The van der Waals surface area contributed by atoms with E-state index < -0.39 is 0 Å². The molecule has 28 heavy (non-hydrogen) atoms. The second kappa shape index (κ2) is 7.67. The summed E-state index contributed by atoms with van der Waals surface area (Å²) in [4.78, 5) is 28.8. The molecule has 0 spiro atoms. The molecule has 0 bridgehead atoms. The van der Waals surface area contributed by atoms with Crippen LogP contribution in [0.5, 0.6) is 0 Å². The van der Waals surface area contributed by atoms with E-state index >= 15 is 0 Å². The molecule has 5 nitrogen and oxygen atoms in total. The van der Waals surface area contributed by atoms with Crippen molar-refractivity contribution in [1.29, 1.82) is 0 Å². The maximum atomic E-state index is 13.5. The van der Waals surface area contributed by atoms with Gasteiger partial charge in [-0.3, -0.25) is 9.59 Å². The van der Waals surface area contributed by atoms with E-state index in [4.69, 9.17) is 0 Å². The minimum absolute atomic E-state index is 0.00999. The van der Waals surface area contributed by atoms with Crippen LogP contribution in [0, 0.1) is 11.7 Å². The van der Waals surface area contributed by atoms with Gasteiger partial charge in [0.25, 0.3) is 0 Å². The van der Waals surface area contributed by atoms with Gasteiger partial charge in [-0.05, 0) is 55.0 Å². The van der Waals surface area contributed by atoms with Gasteiger partial charge in [-0.2, -0.15) is 0 Å². The number of amides is 2. The number of benzene rings is 2. The number of carbonyl (C=O) groups is 2. The van der Waals surface area contributed by atoms with Crippen LogP contribution < -0.4 is 10.6 Å². The first-order chi connectivity index (χ1) is 13.5. The predicted octanol–water partition coefficient (Wildman–Crippen LogP) is 4.39. The zero-order valence-corrected chi connectivity index (χ0v) is 16.0. The van der Waals surface area contributed by atoms with E-state index in [9.17, 15) is 14.0 Å². The van der Waals surface area contributed by atoms with Crippen LogP contribution in [-0.4, -0.2) is 22.8 Å². The summed E-state index contributed by atoms with van der Waals surface area (Å²) in [6.45, 7) is 3.46. The fourth-order valence-electron chi connectivity index (χ4n) is 3.76. The summed E-state index contributed by atoms with van der Waals surface area (Å²) >= 11 is 1.39. The summed E-state index contributed by atoms with van der Waals surface area (Å²) < 4.78 is 14.4. The third kappa shape index (κ3) is 3.75. The minimum atomic E-state index is -0.278. The van der Waals surface area contributed by atoms with Crippen molar-refractivity contribution in [3.05, 3.63) is 48.8 Å². The van der Waals surface area contributed by atoms with Gasteiger partial charge in [-0.15, -0.1) is 0 Å². The number of halogens is 1. The van der Waals surface area contributed by atoms with Crippen molar-refractivity contribution in [3.8, 4) is 0 Å². The van der Waals surface area contributed by atoms with Gasteiger partial charge in [-0.1, -0.05) is 30.4 Å². The van der Waals surface area contributed by atoms with Gasteiger partial charge in [0, 0.05) is 17.3 Å². The van der Waals surface area contributed by atoms with Crippen molar-refractivity contribution in [3.63, 3.8) is 0 Å². The number of hydrogen-bond donors (Lipinski definition) is 2. The molecule has 1 aliphatic rings. The van der Waals surface area contributed by atoms with Gasteiger partial charge < -0.3 is 10.6 Å². The van der Waals surface area contributed by atoms with E-state index in [0.717, 1.165) is 40.3 Å². The molecule has 2 atom stereocenters. The Hall–Kier alpha value is -2.80. The van der Waals surface area contributed by atoms with Crippen LogP contribution in [0.3, 0.4) is 0 Å². The van der Waals surface area contributed by atoms with Crippen molar-refractivity contribution in [2.24, 2.45) is 5.92 Å². The van der Waals surface area contributed by atoms with E-state index in [-0.39, 0.29) is 29.6 Å². The second-order valence-corrected chi connectivity index (χ2v) is 8.06. The monoisotopic (exact) mass is 397 g/mol. The zero-order chi connectivity index (χ0) is 19.7. The molecule has 1 heterocycles. The maximum Gasteiger partial charge on any atom is 0.243 e. The SMILES string of the molecule is C=CC(=O)N[C@H]1CCC[C@@H](C(=O)Nc2nc3ccc4cc(F)ccc4c3s2)C1. The number of hydrogen-bond acceptors (Lipinski definition) is 4. The highest BCUT2D eigenvalue weighted by atomic mass is 32.1. The number of carbonyl (C=O) groups excluding carboxylic acids is 2. The minimum Gasteiger partial charge on any atom is -0.350 e. The number of rotatable bonds is 4. The Morgan fingerprint density at radius 1 is 1.25 bits per heavy atom. The highest BCUT2D eigenvalue weighted by molar-refractivity contribution is 7.23. The van der Waals surface area contributed by atoms with Gasteiger partial charge in [0.1, 0.15) is 5.82 Å². The molecule has 2 N–H and O–H groups in total. The average Bonchev–Trinajstić information content (AvgIpc) is 3.10. The maximum absolute atomic E-state index is 13.5. The van der Waals surface area contributed by atoms with Gasteiger partial charge >= 0.3 is 0 Å². The van der Waals surface area contributed by atoms with E-state index in [2.05, 4.69) is 22.2 Å². The van der Waals surface area contributed by atoms with Gasteiger partial charge in [0.2, 0.25) is 11.8 Å². The van der Waals surface area contributed by atoms with Crippen LogP contribution in [0.15, 0.2) is 43.0 Å². The van der Waals surface area contributed by atoms with E-state index in [1.807, 2.05) is 12.1 Å². The third-order valence-electron chi connectivity index (χ3n) is 5.14. The van der Waals surface area contributed by atoms with Crippen molar-refractivity contribution >= 4 is 49.3 Å². The largest absolute Gasteiger partial charge is 0.350 e. The Morgan fingerprint density at radius 2 is 2.11 bits per heavy atom. The number of nitrogens with one attached hydrogen (secondary N) is 2. The molecule has 2 aromatic carbocycles. The number of nitrogens with zero attached hydrogens (tertiary/aromatic N) is 1. The molecule has 2 amide bonds. The number of fused-ring (bicyclic) bond motifs is 3. The Morgan fingerprint density at radius 3 is 2.93 bits per heavy atom. The average molecular weight is 397 g/mol. The van der Waals surface area contributed by atoms with Crippen molar-refractivity contribution in [2.75, 3.05) is 5.32 Å². The topological polar surface area (TPSA) is 71.1 Å². The number of thiazole rings is 1. The van der Waals surface area contributed by atoms with Crippen LogP contribution in [-0.2, 0) is 9.59 Å². The van der Waals surface area contributed by atoms with E-state index in [0.29, 0.717) is 11.6 Å². The summed E-state index contributed by atoms with van der Waals surface area (Å²) in [5.41, 5.74) is 0.777. The van der Waals surface area contributed by atoms with Crippen LogP contribution in [0.4, 0.5) is 9.52 Å². The number of anilines is 1. The Balaban J connectivity index is 1.51. The zero-order valence-electron chi connectivity index (χ0n) is 15.2. The normalized spacial score (nSPS) is 19.5. The van der Waals surface area contributed by atoms with Crippen LogP contribution in [0.1, 0.15) is 25.7 Å². The van der Waals surface area contributed by atoms with Gasteiger partial charge in [-0.25, -0.2) is 9.37 Å². The van der Waals surface area contributed by atoms with Gasteiger partial charge in [0.05, 0.1) is 10.2 Å². The van der Waals surface area contributed by atoms with Crippen LogP contribution in [0.2, 0.25) is 0 Å². The molecule has 144 valence electrons. The molecule has 0 aliphatic heterocycles. The van der Waals surface area contributed by atoms with Gasteiger partial charge in [0.15, 0.2) is 5.13 Å². The van der Waals surface area contributed by atoms with Crippen LogP contribution >= 0.6 is 11.3 Å². The van der Waals surface area contributed by atoms with Crippen molar-refractivity contribution < 1.29 is 14.0 Å². The first-order valence-corrected chi connectivity index (χ1v) is 10.1. The lowest BCUT2D eigenvalue weighted by molar-refractivity contribution is -0.122. The highest BCUT2D eigenvalue weighted by Crippen LogP contribution is 2.34. The third-order valence-corrected chi connectivity index (χ3v) is 6.16. The van der Waals surface area contributed by atoms with E-state index in [1.165, 1.54) is 29.5 Å². The first-order valence-electron chi connectivity index (χ1n) is 9.26. The smallest absolute Gasteiger partial charge is 0.243 e. The summed E-state index contributed by atoms with van der Waals surface area (Å²) in [5, 5.41) is 8.07. The molecule has 4 rings (SSSR count). The molecular formula is C21H20FN3O2S. The number of aromatic nitrogens is 1. The van der Waals surface area contributed by atoms with Crippen LogP contribution in [0.25, 0.3) is 21.0 Å². The Bertz CT molecular complexity index is 1080. The lowest BCUT2D eigenvalue weighted by Gasteiger charge is -2.28. The molecule has 1 aromatic heterocycles. The van der Waals surface area contributed by atoms with Crippen molar-refractivity contribution in [1.82, 2.24) is 10.3 Å². The fourth-order valence-corrected chi connectivity index (χ4v) is 4.77. The van der Waals surface area contributed by atoms with Crippen molar-refractivity contribution in [2.45, 2.75) is 31.7 Å². The molecular weight excluding hydrogens is 377 g/mol. The Labute approximate surface area is 165 Å². The molecule has 3 aromatic rings. The standard InChI is InChI=1S/C21H20FN3O2S/c1-2-18(26)23-15-5-3-4-13(11-15)20(27)25-21-24-17-9-6-12-10-14(22)7-8-16(12)19(17)28-21/h2,6-10,13,15H,1,3-5,11H2,(H,23,26)(H,24,25,27)/t13-,15+/m1/s1.